The first kappa shape index (κ1) is 13.1. The number of nitrogens with one attached hydrogen (secondary N) is 1. The van der Waals surface area contributed by atoms with Crippen LogP contribution >= 0.6 is 15.9 Å². The van der Waals surface area contributed by atoms with Gasteiger partial charge in [0, 0.05) is 10.4 Å². The van der Waals surface area contributed by atoms with E-state index in [4.69, 9.17) is 5.26 Å². The van der Waals surface area contributed by atoms with Crippen LogP contribution in [0.5, 0.6) is 0 Å². The van der Waals surface area contributed by atoms with Gasteiger partial charge in [-0.2, -0.15) is 5.26 Å². The Bertz CT molecular complexity index is 507. The number of halogens is 1. The van der Waals surface area contributed by atoms with Crippen molar-refractivity contribution in [2.75, 3.05) is 5.32 Å². The zero-order valence-electron chi connectivity index (χ0n) is 10.2. The molecule has 0 aromatic heterocycles. The molecule has 1 aromatic rings. The molecule has 0 radical (unpaired) electrons. The van der Waals surface area contributed by atoms with Crippen molar-refractivity contribution in [1.29, 1.82) is 5.26 Å². The van der Waals surface area contributed by atoms with E-state index in [1.54, 1.807) is 12.1 Å². The molecule has 0 heterocycles. The first-order valence-electron chi connectivity index (χ1n) is 6.12. The van der Waals surface area contributed by atoms with E-state index >= 15 is 0 Å². The maximum Gasteiger partial charge on any atom is 0.227 e. The summed E-state index contributed by atoms with van der Waals surface area (Å²) in [6, 6.07) is 7.41. The van der Waals surface area contributed by atoms with Crippen LogP contribution in [0, 0.1) is 23.2 Å². The molecule has 1 aliphatic carbocycles. The Morgan fingerprint density at radius 3 is 2.89 bits per heavy atom. The highest BCUT2D eigenvalue weighted by Crippen LogP contribution is 2.32. The van der Waals surface area contributed by atoms with Gasteiger partial charge in [-0.1, -0.05) is 29.3 Å². The van der Waals surface area contributed by atoms with Gasteiger partial charge < -0.3 is 5.32 Å². The third kappa shape index (κ3) is 2.73. The molecule has 0 aliphatic heterocycles. The minimum atomic E-state index is 0.0406. The van der Waals surface area contributed by atoms with Crippen molar-refractivity contribution >= 4 is 27.5 Å². The van der Waals surface area contributed by atoms with E-state index in [2.05, 4.69) is 34.2 Å². The molecular weight excluding hydrogens is 292 g/mol. The predicted octanol–water partition coefficient (Wildman–Crippen LogP) is 3.70. The van der Waals surface area contributed by atoms with Crippen molar-refractivity contribution in [3.63, 3.8) is 0 Å². The fourth-order valence-corrected chi connectivity index (χ4v) is 2.84. The number of rotatable bonds is 2. The quantitative estimate of drug-likeness (QED) is 0.906. The lowest BCUT2D eigenvalue weighted by Crippen LogP contribution is -2.24. The molecule has 94 valence electrons. The highest BCUT2D eigenvalue weighted by molar-refractivity contribution is 9.10. The van der Waals surface area contributed by atoms with E-state index in [0.717, 1.165) is 23.7 Å². The number of amides is 1. The molecule has 0 saturated heterocycles. The van der Waals surface area contributed by atoms with Crippen LogP contribution in [0.15, 0.2) is 22.7 Å². The second-order valence-corrected chi connectivity index (χ2v) is 5.72. The third-order valence-corrected chi connectivity index (χ3v) is 4.05. The molecular formula is C14H15BrN2O. The standard InChI is InChI=1S/C14H15BrN2O/c1-9-3-2-4-12(9)14(18)17-13-6-5-11(15)7-10(13)8-16/h5-7,9,12H,2-4H2,1H3,(H,17,18). The van der Waals surface area contributed by atoms with E-state index in [0.29, 0.717) is 17.2 Å². The van der Waals surface area contributed by atoms with Crippen LogP contribution < -0.4 is 5.32 Å². The molecule has 1 N–H and O–H groups in total. The second kappa shape index (κ2) is 5.53. The molecule has 3 nitrogen and oxygen atoms in total. The lowest BCUT2D eigenvalue weighted by molar-refractivity contribution is -0.120. The molecule has 1 aliphatic rings. The van der Waals surface area contributed by atoms with Crippen molar-refractivity contribution in [3.05, 3.63) is 28.2 Å². The summed E-state index contributed by atoms with van der Waals surface area (Å²) in [7, 11) is 0. The first-order chi connectivity index (χ1) is 8.61. The average molecular weight is 307 g/mol. The predicted molar refractivity (Wildman–Crippen MR) is 74.0 cm³/mol. The molecule has 2 atom stereocenters. The number of carbonyl (C=O) groups excluding carboxylic acids is 1. The number of anilines is 1. The van der Waals surface area contributed by atoms with Crippen molar-refractivity contribution in [3.8, 4) is 6.07 Å². The molecule has 18 heavy (non-hydrogen) atoms. The van der Waals surface area contributed by atoms with Crippen LogP contribution in [-0.4, -0.2) is 5.91 Å². The summed E-state index contributed by atoms with van der Waals surface area (Å²) in [6.45, 7) is 2.12. The molecule has 1 aromatic carbocycles. The lowest BCUT2D eigenvalue weighted by atomic mass is 9.97. The van der Waals surface area contributed by atoms with Gasteiger partial charge in [0.15, 0.2) is 0 Å². The van der Waals surface area contributed by atoms with E-state index in [-0.39, 0.29) is 11.8 Å². The Balaban J connectivity index is 2.14. The summed E-state index contributed by atoms with van der Waals surface area (Å²) in [5.74, 6) is 0.560. The Hall–Kier alpha value is -1.34. The van der Waals surface area contributed by atoms with Gasteiger partial charge in [-0.15, -0.1) is 0 Å². The summed E-state index contributed by atoms with van der Waals surface area (Å²) in [4.78, 5) is 12.1. The highest BCUT2D eigenvalue weighted by atomic mass is 79.9. The monoisotopic (exact) mass is 306 g/mol. The van der Waals surface area contributed by atoms with E-state index in [1.165, 1.54) is 0 Å². The maximum atomic E-state index is 12.1. The minimum absolute atomic E-state index is 0.0406. The Kier molecular flexibility index (Phi) is 4.03. The van der Waals surface area contributed by atoms with Gasteiger partial charge in [0.25, 0.3) is 0 Å². The van der Waals surface area contributed by atoms with Crippen LogP contribution in [0.3, 0.4) is 0 Å². The molecule has 4 heteroatoms. The molecule has 1 amide bonds. The Morgan fingerprint density at radius 2 is 2.28 bits per heavy atom. The summed E-state index contributed by atoms with van der Waals surface area (Å²) in [5.41, 5.74) is 1.09. The zero-order valence-corrected chi connectivity index (χ0v) is 11.8. The minimum Gasteiger partial charge on any atom is -0.325 e. The van der Waals surface area contributed by atoms with Gasteiger partial charge in [-0.05, 0) is 37.0 Å². The SMILES string of the molecule is CC1CCCC1C(=O)Nc1ccc(Br)cc1C#N. The number of carbonyl (C=O) groups is 1. The fourth-order valence-electron chi connectivity index (χ4n) is 2.48. The Labute approximate surface area is 115 Å². The zero-order chi connectivity index (χ0) is 13.1. The van der Waals surface area contributed by atoms with Gasteiger partial charge in [0.1, 0.15) is 6.07 Å². The van der Waals surface area contributed by atoms with Crippen molar-refractivity contribution in [1.82, 2.24) is 0 Å². The van der Waals surface area contributed by atoms with Gasteiger partial charge in [-0.25, -0.2) is 0 Å². The van der Waals surface area contributed by atoms with E-state index < -0.39 is 0 Å². The summed E-state index contributed by atoms with van der Waals surface area (Å²) in [6.07, 6.45) is 3.18. The van der Waals surface area contributed by atoms with Crippen molar-refractivity contribution < 1.29 is 4.79 Å². The second-order valence-electron chi connectivity index (χ2n) is 4.81. The smallest absolute Gasteiger partial charge is 0.227 e. The summed E-state index contributed by atoms with van der Waals surface area (Å²) >= 11 is 3.32. The van der Waals surface area contributed by atoms with E-state index in [9.17, 15) is 4.79 Å². The number of nitrogens with zero attached hydrogens (tertiary/aromatic N) is 1. The average Bonchev–Trinajstić information content (AvgIpc) is 2.77. The maximum absolute atomic E-state index is 12.1. The van der Waals surface area contributed by atoms with Crippen LogP contribution in [0.25, 0.3) is 0 Å². The largest absolute Gasteiger partial charge is 0.325 e. The molecule has 2 rings (SSSR count). The number of hydrogen-bond acceptors (Lipinski definition) is 2. The van der Waals surface area contributed by atoms with Crippen molar-refractivity contribution in [2.24, 2.45) is 11.8 Å². The van der Waals surface area contributed by atoms with Crippen molar-refractivity contribution in [2.45, 2.75) is 26.2 Å². The highest BCUT2D eigenvalue weighted by Gasteiger charge is 2.29. The summed E-state index contributed by atoms with van der Waals surface area (Å²) < 4.78 is 0.839. The molecule has 1 fully saturated rings. The fraction of sp³-hybridized carbons (Fsp3) is 0.429. The molecule has 0 spiro atoms. The number of benzene rings is 1. The molecule has 0 bridgehead atoms. The normalized spacial score (nSPS) is 22.5. The first-order valence-corrected chi connectivity index (χ1v) is 6.91. The topological polar surface area (TPSA) is 52.9 Å². The van der Waals surface area contributed by atoms with Gasteiger partial charge >= 0.3 is 0 Å². The lowest BCUT2D eigenvalue weighted by Gasteiger charge is -2.15. The van der Waals surface area contributed by atoms with Gasteiger partial charge in [0.2, 0.25) is 5.91 Å². The van der Waals surface area contributed by atoms with Crippen LogP contribution in [0.1, 0.15) is 31.7 Å². The van der Waals surface area contributed by atoms with Gasteiger partial charge in [0.05, 0.1) is 11.3 Å². The molecule has 2 unspecified atom stereocenters. The van der Waals surface area contributed by atoms with Crippen LogP contribution in [0.4, 0.5) is 5.69 Å². The number of hydrogen-bond donors (Lipinski definition) is 1. The van der Waals surface area contributed by atoms with E-state index in [1.807, 2.05) is 6.07 Å². The third-order valence-electron chi connectivity index (χ3n) is 3.56. The molecule has 1 saturated carbocycles. The number of nitriles is 1. The summed E-state index contributed by atoms with van der Waals surface area (Å²) in [5, 5.41) is 11.9. The van der Waals surface area contributed by atoms with Crippen LogP contribution in [0.2, 0.25) is 0 Å². The van der Waals surface area contributed by atoms with Crippen LogP contribution in [-0.2, 0) is 4.79 Å². The Morgan fingerprint density at radius 1 is 1.50 bits per heavy atom. The van der Waals surface area contributed by atoms with Gasteiger partial charge in [-0.3, -0.25) is 4.79 Å².